The molecule has 0 bridgehead atoms. The molecule has 5 heteroatoms. The average Bonchev–Trinajstić information content (AvgIpc) is 3.08. The van der Waals surface area contributed by atoms with Gasteiger partial charge in [-0.3, -0.25) is 14.5 Å². The second-order valence-corrected chi connectivity index (χ2v) is 6.35. The lowest BCUT2D eigenvalue weighted by Crippen LogP contribution is -2.42. The van der Waals surface area contributed by atoms with E-state index in [0.29, 0.717) is 6.54 Å². The Morgan fingerprint density at radius 3 is 2.21 bits per heavy atom. The zero-order chi connectivity index (χ0) is 16.7. The number of benzene rings is 2. The van der Waals surface area contributed by atoms with Crippen LogP contribution in [0.25, 0.3) is 0 Å². The lowest BCUT2D eigenvalue weighted by Gasteiger charge is -2.22. The summed E-state index contributed by atoms with van der Waals surface area (Å²) in [6.45, 7) is 0.334. The van der Waals surface area contributed by atoms with E-state index in [1.54, 1.807) is 5.01 Å². The lowest BCUT2D eigenvalue weighted by atomic mass is 9.91. The molecule has 0 spiro atoms. The van der Waals surface area contributed by atoms with E-state index in [1.165, 1.54) is 4.90 Å². The minimum Gasteiger partial charge on any atom is -0.276 e. The number of nitrogens with one attached hydrogen (secondary N) is 1. The first-order valence-electron chi connectivity index (χ1n) is 8.10. The van der Waals surface area contributed by atoms with Crippen molar-refractivity contribution >= 4 is 11.8 Å². The van der Waals surface area contributed by atoms with Crippen LogP contribution in [-0.4, -0.2) is 34.8 Å². The molecule has 0 radical (unpaired) electrons. The molecule has 2 fully saturated rings. The fourth-order valence-corrected chi connectivity index (χ4v) is 3.71. The van der Waals surface area contributed by atoms with Crippen molar-refractivity contribution in [1.82, 2.24) is 15.3 Å². The Bertz CT molecular complexity index is 763. The fourth-order valence-electron chi connectivity index (χ4n) is 3.71. The van der Waals surface area contributed by atoms with Crippen molar-refractivity contribution in [3.63, 3.8) is 0 Å². The third-order valence-electron chi connectivity index (χ3n) is 4.87. The summed E-state index contributed by atoms with van der Waals surface area (Å²) in [5.74, 6) is -0.601. The minimum atomic E-state index is -0.439. The van der Waals surface area contributed by atoms with Crippen molar-refractivity contribution in [1.29, 1.82) is 0 Å². The summed E-state index contributed by atoms with van der Waals surface area (Å²) in [4.78, 5) is 27.2. The van der Waals surface area contributed by atoms with Gasteiger partial charge in [-0.05, 0) is 11.1 Å². The van der Waals surface area contributed by atoms with Gasteiger partial charge < -0.3 is 0 Å². The Morgan fingerprint density at radius 1 is 0.917 bits per heavy atom. The number of hydrazine groups is 1. The van der Waals surface area contributed by atoms with Crippen LogP contribution in [0.5, 0.6) is 0 Å². The number of carbonyl (C=O) groups is 2. The highest BCUT2D eigenvalue weighted by molar-refractivity contribution is 6.07. The number of likely N-dealkylation sites (tertiary alicyclic amines) is 1. The van der Waals surface area contributed by atoms with Crippen LogP contribution in [0.15, 0.2) is 60.7 Å². The maximum Gasteiger partial charge on any atom is 0.249 e. The van der Waals surface area contributed by atoms with E-state index in [1.807, 2.05) is 67.7 Å². The zero-order valence-electron chi connectivity index (χ0n) is 13.4. The average molecular weight is 321 g/mol. The molecule has 4 rings (SSSR count). The van der Waals surface area contributed by atoms with E-state index in [0.717, 1.165) is 11.1 Å². The molecule has 2 aromatic carbocycles. The van der Waals surface area contributed by atoms with Gasteiger partial charge in [0.2, 0.25) is 11.8 Å². The highest BCUT2D eigenvalue weighted by Crippen LogP contribution is 2.39. The van der Waals surface area contributed by atoms with Crippen LogP contribution in [-0.2, 0) is 16.1 Å². The summed E-state index contributed by atoms with van der Waals surface area (Å²) in [6, 6.07) is 18.9. The van der Waals surface area contributed by atoms with E-state index in [9.17, 15) is 9.59 Å². The minimum absolute atomic E-state index is 0.0976. The summed E-state index contributed by atoms with van der Waals surface area (Å²) in [6.07, 6.45) is 0. The number of nitrogens with zero attached hydrogens (tertiary/aromatic N) is 2. The molecule has 0 saturated carbocycles. The van der Waals surface area contributed by atoms with Crippen molar-refractivity contribution in [2.75, 3.05) is 7.05 Å². The fraction of sp³-hybridized carbons (Fsp3) is 0.263. The molecule has 5 nitrogen and oxygen atoms in total. The van der Waals surface area contributed by atoms with Gasteiger partial charge in [0.25, 0.3) is 0 Å². The van der Waals surface area contributed by atoms with Gasteiger partial charge in [-0.1, -0.05) is 60.7 Å². The summed E-state index contributed by atoms with van der Waals surface area (Å²) in [5, 5.41) is 1.79. The summed E-state index contributed by atoms with van der Waals surface area (Å²) in [7, 11) is 1.83. The summed E-state index contributed by atoms with van der Waals surface area (Å²) >= 11 is 0. The van der Waals surface area contributed by atoms with E-state index in [2.05, 4.69) is 5.43 Å². The molecule has 1 N–H and O–H groups in total. The van der Waals surface area contributed by atoms with E-state index < -0.39 is 6.04 Å². The number of amides is 2. The highest BCUT2D eigenvalue weighted by atomic mass is 16.2. The summed E-state index contributed by atoms with van der Waals surface area (Å²) < 4.78 is 0. The maximum absolute atomic E-state index is 13.0. The first-order chi connectivity index (χ1) is 11.7. The topological polar surface area (TPSA) is 52.7 Å². The standard InChI is InChI=1S/C19H19N3O2/c1-21-17-15(16(20-21)14-10-6-3-7-11-14)18(23)22(19(17)24)12-13-8-4-2-5-9-13/h2-11,15-17,20H,12H2,1H3/t15-,16-,17-/m1/s1. The number of carbonyl (C=O) groups excluding carboxylic acids is 2. The van der Waals surface area contributed by atoms with Crippen molar-refractivity contribution in [2.45, 2.75) is 18.6 Å². The lowest BCUT2D eigenvalue weighted by molar-refractivity contribution is -0.142. The largest absolute Gasteiger partial charge is 0.276 e. The Kier molecular flexibility index (Phi) is 3.67. The number of rotatable bonds is 3. The summed E-state index contributed by atoms with van der Waals surface area (Å²) in [5.41, 5.74) is 5.27. The number of hydrogen-bond donors (Lipinski definition) is 1. The maximum atomic E-state index is 13.0. The van der Waals surface area contributed by atoms with Crippen LogP contribution < -0.4 is 5.43 Å². The van der Waals surface area contributed by atoms with Crippen molar-refractivity contribution < 1.29 is 9.59 Å². The van der Waals surface area contributed by atoms with Gasteiger partial charge in [-0.25, -0.2) is 10.4 Å². The number of fused-ring (bicyclic) bond motifs is 1. The molecule has 2 amide bonds. The molecule has 2 aliphatic rings. The van der Waals surface area contributed by atoms with Crippen molar-refractivity contribution in [3.05, 3.63) is 71.8 Å². The molecule has 0 aliphatic carbocycles. The Balaban J connectivity index is 1.64. The molecule has 3 atom stereocenters. The van der Waals surface area contributed by atoms with E-state index in [4.69, 9.17) is 0 Å². The number of imide groups is 1. The molecule has 2 aliphatic heterocycles. The second-order valence-electron chi connectivity index (χ2n) is 6.35. The molecule has 0 aromatic heterocycles. The van der Waals surface area contributed by atoms with Crippen LogP contribution in [0.4, 0.5) is 0 Å². The quantitative estimate of drug-likeness (QED) is 0.875. The monoisotopic (exact) mass is 321 g/mol. The van der Waals surface area contributed by atoms with Crippen molar-refractivity contribution in [2.24, 2.45) is 5.92 Å². The molecular weight excluding hydrogens is 302 g/mol. The van der Waals surface area contributed by atoms with Gasteiger partial charge >= 0.3 is 0 Å². The molecule has 2 saturated heterocycles. The third kappa shape index (κ3) is 2.33. The Morgan fingerprint density at radius 2 is 1.54 bits per heavy atom. The molecule has 2 aromatic rings. The molecule has 0 unspecified atom stereocenters. The van der Waals surface area contributed by atoms with E-state index >= 15 is 0 Å². The smallest absolute Gasteiger partial charge is 0.249 e. The van der Waals surface area contributed by atoms with Crippen LogP contribution in [0.2, 0.25) is 0 Å². The SMILES string of the molecule is CN1N[C@H](c2ccccc2)[C@H]2C(=O)N(Cc3ccccc3)C(=O)[C@@H]21. The highest BCUT2D eigenvalue weighted by Gasteiger charge is 2.57. The Hall–Kier alpha value is -2.50. The van der Waals surface area contributed by atoms with Gasteiger partial charge in [0.1, 0.15) is 6.04 Å². The van der Waals surface area contributed by atoms with Gasteiger partial charge in [-0.2, -0.15) is 0 Å². The van der Waals surface area contributed by atoms with Crippen LogP contribution >= 0.6 is 0 Å². The molecular formula is C19H19N3O2. The Labute approximate surface area is 140 Å². The van der Waals surface area contributed by atoms with Crippen LogP contribution in [0.3, 0.4) is 0 Å². The van der Waals surface area contributed by atoms with E-state index in [-0.39, 0.29) is 23.8 Å². The number of likely N-dealkylation sites (N-methyl/N-ethyl adjacent to an activating group) is 1. The molecule has 122 valence electrons. The molecule has 24 heavy (non-hydrogen) atoms. The zero-order valence-corrected chi connectivity index (χ0v) is 13.4. The van der Waals surface area contributed by atoms with Crippen molar-refractivity contribution in [3.8, 4) is 0 Å². The van der Waals surface area contributed by atoms with Gasteiger partial charge in [0, 0.05) is 7.05 Å². The second kappa shape index (κ2) is 5.85. The predicted molar refractivity (Wildman–Crippen MR) is 89.4 cm³/mol. The van der Waals surface area contributed by atoms with Crippen LogP contribution in [0.1, 0.15) is 17.2 Å². The normalized spacial score (nSPS) is 26.9. The molecule has 2 heterocycles. The predicted octanol–water partition coefficient (Wildman–Crippen LogP) is 1.73. The number of hydrogen-bond acceptors (Lipinski definition) is 4. The first kappa shape index (κ1) is 15.1. The van der Waals surface area contributed by atoms with Gasteiger partial charge in [0.05, 0.1) is 18.5 Å². The van der Waals surface area contributed by atoms with Gasteiger partial charge in [-0.15, -0.1) is 0 Å². The van der Waals surface area contributed by atoms with Gasteiger partial charge in [0.15, 0.2) is 0 Å². The van der Waals surface area contributed by atoms with Crippen LogP contribution in [0, 0.1) is 5.92 Å². The first-order valence-corrected chi connectivity index (χ1v) is 8.10. The third-order valence-corrected chi connectivity index (χ3v) is 4.87.